The van der Waals surface area contributed by atoms with Gasteiger partial charge in [-0.25, -0.2) is 8.78 Å². The van der Waals surface area contributed by atoms with E-state index in [9.17, 15) is 8.78 Å². The number of likely N-dealkylation sites (tertiary alicyclic amines) is 1. The summed E-state index contributed by atoms with van der Waals surface area (Å²) in [6.07, 6.45) is 1.15. The van der Waals surface area contributed by atoms with Crippen molar-refractivity contribution in [1.82, 2.24) is 4.90 Å². The van der Waals surface area contributed by atoms with Gasteiger partial charge in [-0.1, -0.05) is 19.9 Å². The molecule has 3 atom stereocenters. The van der Waals surface area contributed by atoms with E-state index in [0.29, 0.717) is 18.0 Å². The zero-order chi connectivity index (χ0) is 14.0. The molecule has 1 aliphatic rings. The van der Waals surface area contributed by atoms with Gasteiger partial charge >= 0.3 is 0 Å². The maximum absolute atomic E-state index is 13.7. The molecule has 0 amide bonds. The summed E-state index contributed by atoms with van der Waals surface area (Å²) < 4.78 is 26.5. The third-order valence-electron chi connectivity index (χ3n) is 4.24. The minimum atomic E-state index is -0.561. The van der Waals surface area contributed by atoms with Crippen LogP contribution in [0.2, 0.25) is 0 Å². The van der Waals surface area contributed by atoms with Crippen LogP contribution in [-0.4, -0.2) is 24.5 Å². The number of benzene rings is 1. The molecule has 3 unspecified atom stereocenters. The number of rotatable bonds is 3. The minimum Gasteiger partial charge on any atom is -0.323 e. The van der Waals surface area contributed by atoms with E-state index in [-0.39, 0.29) is 0 Å². The van der Waals surface area contributed by atoms with Crippen molar-refractivity contribution in [2.45, 2.75) is 26.3 Å². The van der Waals surface area contributed by atoms with Gasteiger partial charge in [-0.15, -0.1) is 0 Å². The predicted molar refractivity (Wildman–Crippen MR) is 72.7 cm³/mol. The van der Waals surface area contributed by atoms with Crippen LogP contribution in [0.5, 0.6) is 0 Å². The summed E-state index contributed by atoms with van der Waals surface area (Å²) in [6, 6.07) is 3.21. The molecule has 0 aromatic heterocycles. The van der Waals surface area contributed by atoms with Crippen LogP contribution in [0.3, 0.4) is 0 Å². The molecular formula is C15H22F2N2. The zero-order valence-corrected chi connectivity index (χ0v) is 11.6. The van der Waals surface area contributed by atoms with Gasteiger partial charge in [0, 0.05) is 30.8 Å². The number of hydrogen-bond donors (Lipinski definition) is 1. The standard InChI is InChI=1S/C15H22F2N2/c1-10-5-6-19(8-11(10)2)9-15(18)13-4-3-12(16)7-14(13)17/h3-4,7,10-11,15H,5-6,8-9,18H2,1-2H3. The van der Waals surface area contributed by atoms with Crippen LogP contribution in [0.15, 0.2) is 18.2 Å². The molecule has 1 aromatic carbocycles. The van der Waals surface area contributed by atoms with E-state index in [0.717, 1.165) is 31.5 Å². The summed E-state index contributed by atoms with van der Waals surface area (Å²) in [6.45, 7) is 7.13. The second-order valence-electron chi connectivity index (χ2n) is 5.78. The van der Waals surface area contributed by atoms with Crippen molar-refractivity contribution < 1.29 is 8.78 Å². The maximum Gasteiger partial charge on any atom is 0.130 e. The lowest BCUT2D eigenvalue weighted by Crippen LogP contribution is -2.42. The van der Waals surface area contributed by atoms with Gasteiger partial charge in [-0.2, -0.15) is 0 Å². The summed E-state index contributed by atoms with van der Waals surface area (Å²) in [5.74, 6) is 0.258. The Kier molecular flexibility index (Phi) is 4.53. The molecule has 0 saturated carbocycles. The molecule has 0 spiro atoms. The fourth-order valence-corrected chi connectivity index (χ4v) is 2.69. The van der Waals surface area contributed by atoms with Crippen LogP contribution in [0.1, 0.15) is 31.9 Å². The summed E-state index contributed by atoms with van der Waals surface area (Å²) in [5, 5.41) is 0. The van der Waals surface area contributed by atoms with Gasteiger partial charge in [0.05, 0.1) is 0 Å². The molecule has 0 aliphatic carbocycles. The van der Waals surface area contributed by atoms with Crippen molar-refractivity contribution in [3.63, 3.8) is 0 Å². The van der Waals surface area contributed by atoms with E-state index in [1.165, 1.54) is 12.1 Å². The van der Waals surface area contributed by atoms with Crippen molar-refractivity contribution >= 4 is 0 Å². The second kappa shape index (κ2) is 5.97. The van der Waals surface area contributed by atoms with Gasteiger partial charge in [0.15, 0.2) is 0 Å². The first-order valence-corrected chi connectivity index (χ1v) is 6.90. The van der Waals surface area contributed by atoms with Crippen LogP contribution in [0.4, 0.5) is 8.78 Å². The second-order valence-corrected chi connectivity index (χ2v) is 5.78. The lowest BCUT2D eigenvalue weighted by atomic mass is 9.88. The smallest absolute Gasteiger partial charge is 0.130 e. The average molecular weight is 268 g/mol. The van der Waals surface area contributed by atoms with E-state index in [1.54, 1.807) is 0 Å². The Labute approximate surface area is 113 Å². The zero-order valence-electron chi connectivity index (χ0n) is 11.6. The molecule has 0 radical (unpaired) electrons. The molecule has 0 bridgehead atoms. The Hall–Kier alpha value is -1.00. The van der Waals surface area contributed by atoms with Crippen molar-refractivity contribution in [1.29, 1.82) is 0 Å². The van der Waals surface area contributed by atoms with Gasteiger partial charge in [0.2, 0.25) is 0 Å². The Balaban J connectivity index is 1.99. The number of nitrogens with zero attached hydrogens (tertiary/aromatic N) is 1. The van der Waals surface area contributed by atoms with Gasteiger partial charge in [-0.3, -0.25) is 0 Å². The van der Waals surface area contributed by atoms with Gasteiger partial charge in [0.1, 0.15) is 11.6 Å². The van der Waals surface area contributed by atoms with Crippen LogP contribution in [0.25, 0.3) is 0 Å². The lowest BCUT2D eigenvalue weighted by molar-refractivity contribution is 0.131. The molecule has 1 heterocycles. The summed E-state index contributed by atoms with van der Waals surface area (Å²) in [7, 11) is 0. The average Bonchev–Trinajstić information content (AvgIpc) is 2.33. The molecule has 2 rings (SSSR count). The summed E-state index contributed by atoms with van der Waals surface area (Å²) >= 11 is 0. The largest absolute Gasteiger partial charge is 0.323 e. The van der Waals surface area contributed by atoms with Gasteiger partial charge in [-0.05, 0) is 30.9 Å². The van der Waals surface area contributed by atoms with E-state index in [1.807, 2.05) is 0 Å². The monoisotopic (exact) mass is 268 g/mol. The van der Waals surface area contributed by atoms with Crippen molar-refractivity contribution in [3.05, 3.63) is 35.4 Å². The van der Waals surface area contributed by atoms with E-state index in [2.05, 4.69) is 18.7 Å². The Bertz CT molecular complexity index is 436. The van der Waals surface area contributed by atoms with Crippen LogP contribution >= 0.6 is 0 Å². The summed E-state index contributed by atoms with van der Waals surface area (Å²) in [5.41, 5.74) is 6.45. The lowest BCUT2D eigenvalue weighted by Gasteiger charge is -2.36. The Morgan fingerprint density at radius 1 is 1.32 bits per heavy atom. The van der Waals surface area contributed by atoms with Crippen LogP contribution in [-0.2, 0) is 0 Å². The number of halogens is 2. The fraction of sp³-hybridized carbons (Fsp3) is 0.600. The molecule has 1 fully saturated rings. The van der Waals surface area contributed by atoms with Gasteiger partial charge in [0.25, 0.3) is 0 Å². The van der Waals surface area contributed by atoms with Gasteiger partial charge < -0.3 is 10.6 Å². The molecule has 2 N–H and O–H groups in total. The molecular weight excluding hydrogens is 246 g/mol. The van der Waals surface area contributed by atoms with E-state index in [4.69, 9.17) is 5.73 Å². The molecule has 106 valence electrons. The normalized spacial score (nSPS) is 26.4. The fourth-order valence-electron chi connectivity index (χ4n) is 2.69. The van der Waals surface area contributed by atoms with E-state index >= 15 is 0 Å². The highest BCUT2D eigenvalue weighted by Gasteiger charge is 2.24. The highest BCUT2D eigenvalue weighted by atomic mass is 19.1. The van der Waals surface area contributed by atoms with Crippen LogP contribution in [0, 0.1) is 23.5 Å². The first-order valence-electron chi connectivity index (χ1n) is 6.90. The first kappa shape index (κ1) is 14.4. The summed E-state index contributed by atoms with van der Waals surface area (Å²) in [4.78, 5) is 2.28. The quantitative estimate of drug-likeness (QED) is 0.913. The highest BCUT2D eigenvalue weighted by Crippen LogP contribution is 2.24. The molecule has 1 aromatic rings. The Morgan fingerprint density at radius 2 is 2.05 bits per heavy atom. The molecule has 19 heavy (non-hydrogen) atoms. The molecule has 4 heteroatoms. The SMILES string of the molecule is CC1CCN(CC(N)c2ccc(F)cc2F)CC1C. The molecule has 1 saturated heterocycles. The van der Waals surface area contributed by atoms with Crippen molar-refractivity contribution in [3.8, 4) is 0 Å². The van der Waals surface area contributed by atoms with Crippen LogP contribution < -0.4 is 5.73 Å². The molecule has 1 aliphatic heterocycles. The number of piperidine rings is 1. The topological polar surface area (TPSA) is 29.3 Å². The number of hydrogen-bond acceptors (Lipinski definition) is 2. The number of nitrogens with two attached hydrogens (primary N) is 1. The third-order valence-corrected chi connectivity index (χ3v) is 4.24. The first-order chi connectivity index (χ1) is 8.97. The highest BCUT2D eigenvalue weighted by molar-refractivity contribution is 5.22. The molecule has 2 nitrogen and oxygen atoms in total. The van der Waals surface area contributed by atoms with E-state index < -0.39 is 17.7 Å². The Morgan fingerprint density at radius 3 is 2.68 bits per heavy atom. The van der Waals surface area contributed by atoms with Crippen molar-refractivity contribution in [2.24, 2.45) is 17.6 Å². The van der Waals surface area contributed by atoms with Crippen molar-refractivity contribution in [2.75, 3.05) is 19.6 Å². The minimum absolute atomic E-state index is 0.396. The maximum atomic E-state index is 13.7. The predicted octanol–water partition coefficient (Wildman–Crippen LogP) is 2.94. The third kappa shape index (κ3) is 3.51.